The van der Waals surface area contributed by atoms with Crippen molar-refractivity contribution in [2.24, 2.45) is 5.73 Å². The molecular formula is C24H17BrFN3O3. The molecule has 0 spiro atoms. The number of primary amides is 1. The Kier molecular flexibility index (Phi) is 5.63. The van der Waals surface area contributed by atoms with Crippen molar-refractivity contribution in [2.75, 3.05) is 5.32 Å². The first-order valence-electron chi connectivity index (χ1n) is 9.59. The van der Waals surface area contributed by atoms with E-state index in [2.05, 4.69) is 21.2 Å². The molecule has 6 nitrogen and oxygen atoms in total. The number of carbonyl (C=O) groups is 2. The molecule has 0 saturated heterocycles. The number of aromatic nitrogens is 1. The van der Waals surface area contributed by atoms with Crippen LogP contribution in [0.15, 0.2) is 76.0 Å². The Hall–Kier alpha value is -3.78. The van der Waals surface area contributed by atoms with Crippen LogP contribution in [-0.4, -0.2) is 16.4 Å². The summed E-state index contributed by atoms with van der Waals surface area (Å²) in [7, 11) is 0. The van der Waals surface area contributed by atoms with Gasteiger partial charge in [-0.3, -0.25) is 19.0 Å². The SMILES string of the molecule is Cc1c(C(=O)Nc2ccc(C(N)=O)cc2F)c2cc(Br)ccc2c(=O)n1-c1ccccc1. The van der Waals surface area contributed by atoms with Crippen molar-refractivity contribution in [3.8, 4) is 5.69 Å². The van der Waals surface area contributed by atoms with Gasteiger partial charge < -0.3 is 11.1 Å². The van der Waals surface area contributed by atoms with Gasteiger partial charge in [0.05, 0.1) is 11.3 Å². The van der Waals surface area contributed by atoms with Crippen molar-refractivity contribution in [1.29, 1.82) is 0 Å². The van der Waals surface area contributed by atoms with Gasteiger partial charge in [0.25, 0.3) is 11.5 Å². The predicted octanol–water partition coefficient (Wildman–Crippen LogP) is 4.55. The zero-order valence-electron chi connectivity index (χ0n) is 16.9. The van der Waals surface area contributed by atoms with Crippen LogP contribution in [0, 0.1) is 12.7 Å². The van der Waals surface area contributed by atoms with Gasteiger partial charge in [-0.15, -0.1) is 0 Å². The number of nitrogens with two attached hydrogens (primary N) is 1. The van der Waals surface area contributed by atoms with E-state index >= 15 is 0 Å². The van der Waals surface area contributed by atoms with Crippen LogP contribution in [-0.2, 0) is 0 Å². The van der Waals surface area contributed by atoms with Crippen molar-refractivity contribution < 1.29 is 14.0 Å². The zero-order valence-corrected chi connectivity index (χ0v) is 18.4. The Labute approximate surface area is 190 Å². The first-order chi connectivity index (χ1) is 15.3. The van der Waals surface area contributed by atoms with Gasteiger partial charge in [0.15, 0.2) is 0 Å². The second kappa shape index (κ2) is 8.39. The molecule has 0 aliphatic carbocycles. The van der Waals surface area contributed by atoms with Gasteiger partial charge in [0.1, 0.15) is 5.82 Å². The van der Waals surface area contributed by atoms with Gasteiger partial charge in [-0.05, 0) is 55.5 Å². The van der Waals surface area contributed by atoms with Crippen LogP contribution in [0.3, 0.4) is 0 Å². The molecule has 0 radical (unpaired) electrons. The highest BCUT2D eigenvalue weighted by molar-refractivity contribution is 9.10. The molecule has 0 unspecified atom stereocenters. The largest absolute Gasteiger partial charge is 0.366 e. The number of hydrogen-bond donors (Lipinski definition) is 2. The van der Waals surface area contributed by atoms with E-state index in [0.717, 1.165) is 6.07 Å². The third-order valence-corrected chi connectivity index (χ3v) is 5.62. The molecule has 0 atom stereocenters. The summed E-state index contributed by atoms with van der Waals surface area (Å²) < 4.78 is 16.6. The number of nitrogens with one attached hydrogen (secondary N) is 1. The van der Waals surface area contributed by atoms with Crippen molar-refractivity contribution >= 4 is 44.2 Å². The Balaban J connectivity index is 1.91. The van der Waals surface area contributed by atoms with Crippen LogP contribution in [0.1, 0.15) is 26.4 Å². The molecule has 0 fully saturated rings. The van der Waals surface area contributed by atoms with Crippen LogP contribution >= 0.6 is 15.9 Å². The van der Waals surface area contributed by atoms with E-state index in [1.807, 2.05) is 6.07 Å². The number of fused-ring (bicyclic) bond motifs is 1. The summed E-state index contributed by atoms with van der Waals surface area (Å²) in [5.41, 5.74) is 6.01. The average molecular weight is 494 g/mol. The number of halogens is 2. The number of benzene rings is 3. The number of anilines is 1. The normalized spacial score (nSPS) is 10.8. The number of pyridine rings is 1. The highest BCUT2D eigenvalue weighted by atomic mass is 79.9. The molecule has 0 saturated carbocycles. The Bertz CT molecular complexity index is 1450. The second-order valence-corrected chi connectivity index (χ2v) is 8.06. The summed E-state index contributed by atoms with van der Waals surface area (Å²) in [5, 5.41) is 3.32. The molecule has 32 heavy (non-hydrogen) atoms. The van der Waals surface area contributed by atoms with E-state index < -0.39 is 17.6 Å². The van der Waals surface area contributed by atoms with Gasteiger partial charge >= 0.3 is 0 Å². The highest BCUT2D eigenvalue weighted by Crippen LogP contribution is 2.26. The van der Waals surface area contributed by atoms with Crippen LogP contribution in [0.25, 0.3) is 16.5 Å². The fourth-order valence-corrected chi connectivity index (χ4v) is 3.98. The van der Waals surface area contributed by atoms with E-state index in [-0.39, 0.29) is 22.4 Å². The monoisotopic (exact) mass is 493 g/mol. The Morgan fingerprint density at radius 1 is 1.00 bits per heavy atom. The van der Waals surface area contributed by atoms with Gasteiger partial charge in [-0.25, -0.2) is 4.39 Å². The molecule has 160 valence electrons. The third-order valence-electron chi connectivity index (χ3n) is 5.12. The maximum Gasteiger partial charge on any atom is 0.263 e. The van der Waals surface area contributed by atoms with Gasteiger partial charge in [-0.2, -0.15) is 0 Å². The first-order valence-corrected chi connectivity index (χ1v) is 10.4. The fourth-order valence-electron chi connectivity index (χ4n) is 3.62. The lowest BCUT2D eigenvalue weighted by molar-refractivity contribution is 0.0998. The van der Waals surface area contributed by atoms with Crippen LogP contribution in [0.2, 0.25) is 0 Å². The van der Waals surface area contributed by atoms with E-state index in [4.69, 9.17) is 5.73 Å². The Morgan fingerprint density at radius 2 is 1.72 bits per heavy atom. The van der Waals surface area contributed by atoms with Gasteiger partial charge in [0, 0.05) is 32.2 Å². The number of nitrogens with zero attached hydrogens (tertiary/aromatic N) is 1. The van der Waals surface area contributed by atoms with Crippen LogP contribution in [0.4, 0.5) is 10.1 Å². The fraction of sp³-hybridized carbons (Fsp3) is 0.0417. The van der Waals surface area contributed by atoms with Crippen molar-refractivity contribution in [3.63, 3.8) is 0 Å². The lowest BCUT2D eigenvalue weighted by Gasteiger charge is -2.17. The smallest absolute Gasteiger partial charge is 0.263 e. The molecule has 0 aliphatic rings. The van der Waals surface area contributed by atoms with Crippen LogP contribution in [0.5, 0.6) is 0 Å². The number of carbonyl (C=O) groups excluding carboxylic acids is 2. The van der Waals surface area contributed by atoms with Crippen molar-refractivity contribution in [3.05, 3.63) is 104 Å². The number of rotatable bonds is 4. The van der Waals surface area contributed by atoms with E-state index in [1.165, 1.54) is 16.7 Å². The molecule has 0 bridgehead atoms. The molecule has 3 N–H and O–H groups in total. The summed E-state index contributed by atoms with van der Waals surface area (Å²) in [5.74, 6) is -2.17. The molecule has 1 heterocycles. The van der Waals surface area contributed by atoms with Crippen LogP contribution < -0.4 is 16.6 Å². The molecule has 0 aliphatic heterocycles. The highest BCUT2D eigenvalue weighted by Gasteiger charge is 2.21. The van der Waals surface area contributed by atoms with E-state index in [0.29, 0.717) is 26.6 Å². The number of amides is 2. The maximum atomic E-state index is 14.5. The number of hydrogen-bond acceptors (Lipinski definition) is 3. The Morgan fingerprint density at radius 3 is 2.38 bits per heavy atom. The number of para-hydroxylation sites is 1. The quantitative estimate of drug-likeness (QED) is 0.436. The standard InChI is InChI=1S/C24H17BrFN3O3/c1-13-21(23(31)28-20-10-7-14(22(27)30)11-19(20)26)18-12-15(25)8-9-17(18)24(32)29(13)16-5-3-2-4-6-16/h2-12H,1H3,(H2,27,30)(H,28,31). The summed E-state index contributed by atoms with van der Waals surface area (Å²) >= 11 is 3.38. The van der Waals surface area contributed by atoms with E-state index in [9.17, 15) is 18.8 Å². The molecule has 1 aromatic heterocycles. The van der Waals surface area contributed by atoms with E-state index in [1.54, 1.807) is 49.4 Å². The minimum Gasteiger partial charge on any atom is -0.366 e. The minimum absolute atomic E-state index is 0.0105. The third kappa shape index (κ3) is 3.80. The predicted molar refractivity (Wildman–Crippen MR) is 125 cm³/mol. The molecule has 8 heteroatoms. The maximum absolute atomic E-state index is 14.5. The zero-order chi connectivity index (χ0) is 23.0. The van der Waals surface area contributed by atoms with Crippen molar-refractivity contribution in [2.45, 2.75) is 6.92 Å². The van der Waals surface area contributed by atoms with Gasteiger partial charge in [-0.1, -0.05) is 34.1 Å². The lowest BCUT2D eigenvalue weighted by atomic mass is 10.0. The topological polar surface area (TPSA) is 94.2 Å². The summed E-state index contributed by atoms with van der Waals surface area (Å²) in [4.78, 5) is 37.9. The lowest BCUT2D eigenvalue weighted by Crippen LogP contribution is -2.26. The summed E-state index contributed by atoms with van der Waals surface area (Å²) in [6.45, 7) is 1.66. The molecule has 4 rings (SSSR count). The van der Waals surface area contributed by atoms with Crippen molar-refractivity contribution in [1.82, 2.24) is 4.57 Å². The second-order valence-electron chi connectivity index (χ2n) is 7.14. The molecular weight excluding hydrogens is 477 g/mol. The molecule has 2 amide bonds. The van der Waals surface area contributed by atoms with Gasteiger partial charge in [0.2, 0.25) is 5.91 Å². The summed E-state index contributed by atoms with van der Waals surface area (Å²) in [6.07, 6.45) is 0. The average Bonchev–Trinajstić information content (AvgIpc) is 2.75. The minimum atomic E-state index is -0.797. The molecule has 3 aromatic carbocycles. The summed E-state index contributed by atoms with van der Waals surface area (Å²) in [6, 6.07) is 17.6. The molecule has 4 aromatic rings. The first kappa shape index (κ1) is 21.5.